The van der Waals surface area contributed by atoms with Crippen LogP contribution in [0, 0.1) is 17.1 Å². The molecule has 0 radical (unpaired) electrons. The molecule has 1 aliphatic carbocycles. The maximum Gasteiger partial charge on any atom is 0.319 e. The number of amides is 1. The third kappa shape index (κ3) is 5.68. The van der Waals surface area contributed by atoms with Gasteiger partial charge in [0, 0.05) is 61.1 Å². The highest BCUT2D eigenvalue weighted by Gasteiger charge is 2.34. The van der Waals surface area contributed by atoms with Gasteiger partial charge >= 0.3 is 6.01 Å². The molecular weight excluding hydrogens is 571 g/mol. The van der Waals surface area contributed by atoms with Gasteiger partial charge in [-0.3, -0.25) is 14.7 Å². The lowest BCUT2D eigenvalue weighted by Crippen LogP contribution is -2.55. The molecule has 2 fully saturated rings. The molecule has 0 unspecified atom stereocenters. The van der Waals surface area contributed by atoms with Crippen LogP contribution in [0.2, 0.25) is 0 Å². The number of aryl methyl sites for hydroxylation is 1. The number of benzene rings is 1. The summed E-state index contributed by atoms with van der Waals surface area (Å²) in [4.78, 5) is 31.0. The molecule has 2 aliphatic heterocycles. The molecule has 0 bridgehead atoms. The van der Waals surface area contributed by atoms with E-state index in [4.69, 9.17) is 4.74 Å². The Morgan fingerprint density at radius 2 is 1.95 bits per heavy atom. The Morgan fingerprint density at radius 1 is 1.14 bits per heavy atom. The first-order valence-electron chi connectivity index (χ1n) is 15.0. The molecule has 1 aromatic carbocycles. The number of pyridine rings is 1. The Balaban J connectivity index is 1.41. The number of hydrogen-bond acceptors (Lipinski definition) is 8. The van der Waals surface area contributed by atoms with Crippen LogP contribution in [-0.4, -0.2) is 88.7 Å². The highest BCUT2D eigenvalue weighted by Crippen LogP contribution is 2.37. The van der Waals surface area contributed by atoms with E-state index in [1.54, 1.807) is 18.3 Å². The molecule has 44 heavy (non-hydrogen) atoms. The first-order valence-corrected chi connectivity index (χ1v) is 15.0. The number of anilines is 1. The molecule has 0 N–H and O–H groups in total. The van der Waals surface area contributed by atoms with Crippen LogP contribution >= 0.6 is 0 Å². The first-order chi connectivity index (χ1) is 21.2. The number of carbonyl (C=O) groups excluding carboxylic acids is 1. The van der Waals surface area contributed by atoms with Crippen molar-refractivity contribution in [1.29, 1.82) is 5.26 Å². The monoisotopic (exact) mass is 605 g/mol. The molecule has 4 heterocycles. The van der Waals surface area contributed by atoms with Gasteiger partial charge in [-0.25, -0.2) is 13.2 Å². The number of rotatable bonds is 7. The highest BCUT2D eigenvalue weighted by atomic mass is 19.1. The van der Waals surface area contributed by atoms with Gasteiger partial charge in [0.25, 0.3) is 5.91 Å². The third-order valence-electron chi connectivity index (χ3n) is 8.97. The smallest absolute Gasteiger partial charge is 0.319 e. The predicted octanol–water partition coefficient (Wildman–Crippen LogP) is 4.54. The predicted molar refractivity (Wildman–Crippen MR) is 159 cm³/mol. The quantitative estimate of drug-likeness (QED) is 0.362. The SMILES string of the molecule is C=C(F)C(=O)N1CCN(c2nc(OC[C@@H]3C[C@@H](F)CN3C)nc3c(F)c(-c4cncc5c4CCCC5)ccc23)C[C@@H]1CC#N. The normalized spacial score (nSPS) is 22.1. The number of halogens is 3. The van der Waals surface area contributed by atoms with Crippen molar-refractivity contribution in [2.45, 2.75) is 56.8 Å². The van der Waals surface area contributed by atoms with E-state index in [-0.39, 0.29) is 50.2 Å². The van der Waals surface area contributed by atoms with Gasteiger partial charge < -0.3 is 14.5 Å². The minimum Gasteiger partial charge on any atom is -0.462 e. The molecule has 3 aromatic rings. The Morgan fingerprint density at radius 3 is 2.70 bits per heavy atom. The molecule has 0 saturated carbocycles. The molecule has 2 saturated heterocycles. The van der Waals surface area contributed by atoms with E-state index in [9.17, 15) is 18.8 Å². The van der Waals surface area contributed by atoms with E-state index in [1.165, 1.54) is 4.90 Å². The van der Waals surface area contributed by atoms with Gasteiger partial charge in [-0.1, -0.05) is 12.6 Å². The largest absolute Gasteiger partial charge is 0.462 e. The fourth-order valence-corrected chi connectivity index (χ4v) is 6.66. The second kappa shape index (κ2) is 12.4. The molecule has 3 atom stereocenters. The van der Waals surface area contributed by atoms with Crippen molar-refractivity contribution in [3.8, 4) is 23.2 Å². The maximum atomic E-state index is 16.6. The van der Waals surface area contributed by atoms with Crippen LogP contribution in [0.25, 0.3) is 22.0 Å². The zero-order valence-electron chi connectivity index (χ0n) is 24.6. The average Bonchev–Trinajstić information content (AvgIpc) is 3.35. The number of alkyl halides is 1. The van der Waals surface area contributed by atoms with E-state index in [1.807, 2.05) is 23.0 Å². The van der Waals surface area contributed by atoms with E-state index in [0.717, 1.165) is 42.4 Å². The van der Waals surface area contributed by atoms with Crippen LogP contribution < -0.4 is 9.64 Å². The van der Waals surface area contributed by atoms with Crippen LogP contribution in [-0.2, 0) is 17.6 Å². The van der Waals surface area contributed by atoms with Gasteiger partial charge in [0.05, 0.1) is 18.5 Å². The summed E-state index contributed by atoms with van der Waals surface area (Å²) in [5, 5.41) is 9.88. The summed E-state index contributed by atoms with van der Waals surface area (Å²) in [5.41, 5.74) is 3.40. The van der Waals surface area contributed by atoms with Crippen LogP contribution in [0.5, 0.6) is 6.01 Å². The summed E-state index contributed by atoms with van der Waals surface area (Å²) < 4.78 is 50.3. The van der Waals surface area contributed by atoms with Crippen molar-refractivity contribution in [3.05, 3.63) is 53.9 Å². The zero-order valence-corrected chi connectivity index (χ0v) is 24.6. The second-order valence-electron chi connectivity index (χ2n) is 11.8. The molecule has 12 heteroatoms. The minimum atomic E-state index is -1.09. The number of ether oxygens (including phenoxy) is 1. The van der Waals surface area contributed by atoms with E-state index >= 15 is 4.39 Å². The molecular formula is C32H34F3N7O2. The fraction of sp³-hybridized carbons (Fsp3) is 0.469. The number of hydrogen-bond donors (Lipinski definition) is 0. The fourth-order valence-electron chi connectivity index (χ4n) is 6.66. The number of piperazine rings is 1. The second-order valence-corrected chi connectivity index (χ2v) is 11.8. The lowest BCUT2D eigenvalue weighted by Gasteiger charge is -2.41. The summed E-state index contributed by atoms with van der Waals surface area (Å²) in [7, 11) is 1.82. The number of aromatic nitrogens is 3. The van der Waals surface area contributed by atoms with E-state index in [2.05, 4.69) is 27.6 Å². The number of nitriles is 1. The summed E-state index contributed by atoms with van der Waals surface area (Å²) in [6, 6.07) is 4.68. The van der Waals surface area contributed by atoms with Gasteiger partial charge in [0.15, 0.2) is 11.6 Å². The van der Waals surface area contributed by atoms with Crippen molar-refractivity contribution < 1.29 is 22.7 Å². The number of nitrogens with zero attached hydrogens (tertiary/aromatic N) is 7. The molecule has 230 valence electrons. The molecule has 3 aliphatic rings. The van der Waals surface area contributed by atoms with E-state index < -0.39 is 29.8 Å². The number of likely N-dealkylation sites (tertiary alicyclic amines) is 1. The van der Waals surface area contributed by atoms with Gasteiger partial charge in [-0.2, -0.15) is 15.2 Å². The topological polar surface area (TPSA) is 98.5 Å². The molecule has 1 amide bonds. The summed E-state index contributed by atoms with van der Waals surface area (Å²) in [6.07, 6.45) is 6.70. The van der Waals surface area contributed by atoms with Crippen molar-refractivity contribution in [2.75, 3.05) is 44.7 Å². The summed E-state index contributed by atoms with van der Waals surface area (Å²) >= 11 is 0. The summed E-state index contributed by atoms with van der Waals surface area (Å²) in [5.74, 6) is -2.11. The number of likely N-dealkylation sites (N-methyl/N-ethyl adjacent to an activating group) is 1. The Bertz CT molecular complexity index is 1640. The maximum absolute atomic E-state index is 16.6. The molecule has 9 nitrogen and oxygen atoms in total. The summed E-state index contributed by atoms with van der Waals surface area (Å²) in [6.45, 7) is 4.07. The van der Waals surface area contributed by atoms with Crippen molar-refractivity contribution >= 4 is 22.6 Å². The first kappa shape index (κ1) is 29.8. The van der Waals surface area contributed by atoms with Crippen molar-refractivity contribution in [3.63, 3.8) is 0 Å². The molecule has 6 rings (SSSR count). The number of carbonyl (C=O) groups is 1. The van der Waals surface area contributed by atoms with Gasteiger partial charge in [-0.05, 0) is 56.3 Å². The minimum absolute atomic E-state index is 0.0368. The van der Waals surface area contributed by atoms with Gasteiger partial charge in [-0.15, -0.1) is 0 Å². The zero-order chi connectivity index (χ0) is 31.0. The van der Waals surface area contributed by atoms with Crippen LogP contribution in [0.4, 0.5) is 19.0 Å². The lowest BCUT2D eigenvalue weighted by atomic mass is 9.87. The van der Waals surface area contributed by atoms with Gasteiger partial charge in [0.2, 0.25) is 0 Å². The Hall–Kier alpha value is -4.24. The number of fused-ring (bicyclic) bond motifs is 2. The van der Waals surface area contributed by atoms with Crippen molar-refractivity contribution in [1.82, 2.24) is 24.8 Å². The average molecular weight is 606 g/mol. The molecule has 2 aromatic heterocycles. The lowest BCUT2D eigenvalue weighted by molar-refractivity contribution is -0.131. The Labute approximate surface area is 253 Å². The standard InChI is InChI=1S/C32H34F3N7O2/c1-19(33)31(43)42-12-11-41(17-22(42)9-10-36)30-26-8-7-25(27-15-37-14-20-5-3-4-6-24(20)27)28(35)29(26)38-32(39-30)44-18-23-13-21(34)16-40(23)2/h7-8,14-15,21-23H,1,3-6,9,11-13,16-18H2,2H3/t21-,22+,23+/m1/s1. The van der Waals surface area contributed by atoms with Crippen LogP contribution in [0.1, 0.15) is 36.8 Å². The Kier molecular flexibility index (Phi) is 8.40. The van der Waals surface area contributed by atoms with Crippen LogP contribution in [0.3, 0.4) is 0 Å². The third-order valence-corrected chi connectivity index (χ3v) is 8.97. The van der Waals surface area contributed by atoms with Crippen LogP contribution in [0.15, 0.2) is 36.9 Å². The molecule has 0 spiro atoms. The van der Waals surface area contributed by atoms with Gasteiger partial charge in [0.1, 0.15) is 24.1 Å². The van der Waals surface area contributed by atoms with E-state index in [0.29, 0.717) is 29.7 Å². The van der Waals surface area contributed by atoms with Crippen molar-refractivity contribution in [2.24, 2.45) is 0 Å². The highest BCUT2D eigenvalue weighted by molar-refractivity contribution is 5.94.